The van der Waals surface area contributed by atoms with Crippen LogP contribution in [-0.2, 0) is 0 Å². The van der Waals surface area contributed by atoms with Gasteiger partial charge in [-0.2, -0.15) is 0 Å². The Kier molecular flexibility index (Phi) is 2.68. The van der Waals surface area contributed by atoms with E-state index < -0.39 is 0 Å². The van der Waals surface area contributed by atoms with E-state index in [1.54, 1.807) is 30.6 Å². The van der Waals surface area contributed by atoms with Crippen LogP contribution in [0.3, 0.4) is 0 Å². The lowest BCUT2D eigenvalue weighted by atomic mass is 10.1. The van der Waals surface area contributed by atoms with Gasteiger partial charge in [0.15, 0.2) is 4.96 Å². The van der Waals surface area contributed by atoms with Crippen LogP contribution < -0.4 is 4.74 Å². The minimum Gasteiger partial charge on any atom is -0.497 e. The van der Waals surface area contributed by atoms with E-state index in [0.717, 1.165) is 20.9 Å². The lowest BCUT2D eigenvalue weighted by Crippen LogP contribution is -1.83. The number of thiazole rings is 1. The molecule has 0 spiro atoms. The Hall–Kier alpha value is -2.40. The molecule has 104 valence electrons. The highest BCUT2D eigenvalue weighted by Crippen LogP contribution is 2.32. The Morgan fingerprint density at radius 1 is 1.19 bits per heavy atom. The molecule has 0 aliphatic carbocycles. The summed E-state index contributed by atoms with van der Waals surface area (Å²) in [5.41, 5.74) is 2.22. The fraction of sp³-hybridized carbons (Fsp3) is 0.0625. The Balaban J connectivity index is 1.93. The van der Waals surface area contributed by atoms with E-state index in [1.807, 2.05) is 34.9 Å². The first-order chi connectivity index (χ1) is 10.3. The van der Waals surface area contributed by atoms with Crippen LogP contribution >= 0.6 is 11.3 Å². The number of rotatable bonds is 2. The van der Waals surface area contributed by atoms with Crippen LogP contribution in [0.4, 0.5) is 4.39 Å². The largest absolute Gasteiger partial charge is 0.497 e. The van der Waals surface area contributed by atoms with Crippen molar-refractivity contribution in [1.29, 1.82) is 0 Å². The Morgan fingerprint density at radius 3 is 2.86 bits per heavy atom. The molecular formula is C16H11FN2OS. The number of fused-ring (bicyclic) bond motifs is 3. The van der Waals surface area contributed by atoms with Crippen LogP contribution in [0, 0.1) is 5.82 Å². The van der Waals surface area contributed by atoms with Gasteiger partial charge in [0.05, 0.1) is 23.0 Å². The smallest absolute Gasteiger partial charge is 0.195 e. The molecule has 21 heavy (non-hydrogen) atoms. The SMILES string of the molecule is COc1ccc2c(c1)sc1nc(-c3ccccc3F)cn12. The normalized spacial score (nSPS) is 11.3. The van der Waals surface area contributed by atoms with E-state index in [4.69, 9.17) is 4.74 Å². The molecule has 3 nitrogen and oxygen atoms in total. The third-order valence-corrected chi connectivity index (χ3v) is 4.47. The molecule has 2 aromatic heterocycles. The van der Waals surface area contributed by atoms with E-state index >= 15 is 0 Å². The fourth-order valence-electron chi connectivity index (χ4n) is 2.41. The number of aromatic nitrogens is 2. The van der Waals surface area contributed by atoms with Crippen molar-refractivity contribution in [2.24, 2.45) is 0 Å². The third kappa shape index (κ3) is 1.89. The third-order valence-electron chi connectivity index (χ3n) is 3.45. The summed E-state index contributed by atoms with van der Waals surface area (Å²) in [7, 11) is 1.65. The van der Waals surface area contributed by atoms with Gasteiger partial charge in [-0.25, -0.2) is 9.37 Å². The second-order valence-electron chi connectivity index (χ2n) is 4.69. The number of nitrogens with zero attached hydrogens (tertiary/aromatic N) is 2. The van der Waals surface area contributed by atoms with Gasteiger partial charge in [-0.3, -0.25) is 4.40 Å². The van der Waals surface area contributed by atoms with Crippen molar-refractivity contribution < 1.29 is 9.13 Å². The van der Waals surface area contributed by atoms with Crippen molar-refractivity contribution in [3.05, 3.63) is 54.5 Å². The van der Waals surface area contributed by atoms with Gasteiger partial charge in [-0.05, 0) is 30.3 Å². The minimum atomic E-state index is -0.255. The molecular weight excluding hydrogens is 287 g/mol. The molecule has 2 heterocycles. The van der Waals surface area contributed by atoms with Crippen molar-refractivity contribution in [2.45, 2.75) is 0 Å². The first-order valence-corrected chi connectivity index (χ1v) is 7.28. The molecule has 0 unspecified atom stereocenters. The topological polar surface area (TPSA) is 26.5 Å². The van der Waals surface area contributed by atoms with E-state index in [0.29, 0.717) is 11.3 Å². The molecule has 0 N–H and O–H groups in total. The lowest BCUT2D eigenvalue weighted by Gasteiger charge is -1.99. The monoisotopic (exact) mass is 298 g/mol. The summed E-state index contributed by atoms with van der Waals surface area (Å²) in [5, 5.41) is 0. The summed E-state index contributed by atoms with van der Waals surface area (Å²) in [6.07, 6.45) is 1.87. The highest BCUT2D eigenvalue weighted by Gasteiger charge is 2.12. The maximum Gasteiger partial charge on any atom is 0.195 e. The van der Waals surface area contributed by atoms with Crippen LogP contribution in [0.25, 0.3) is 26.4 Å². The lowest BCUT2D eigenvalue weighted by molar-refractivity contribution is 0.415. The quantitative estimate of drug-likeness (QED) is 0.549. The van der Waals surface area contributed by atoms with Gasteiger partial charge in [-0.15, -0.1) is 0 Å². The maximum absolute atomic E-state index is 13.9. The number of methoxy groups -OCH3 is 1. The number of imidazole rings is 1. The van der Waals surface area contributed by atoms with Gasteiger partial charge in [0.2, 0.25) is 0 Å². The Labute approximate surface area is 124 Å². The zero-order chi connectivity index (χ0) is 14.4. The minimum absolute atomic E-state index is 0.255. The van der Waals surface area contributed by atoms with Gasteiger partial charge in [-0.1, -0.05) is 23.5 Å². The Bertz CT molecular complexity index is 957. The summed E-state index contributed by atoms with van der Waals surface area (Å²) in [4.78, 5) is 5.38. The van der Waals surface area contributed by atoms with Crippen LogP contribution in [-0.4, -0.2) is 16.5 Å². The molecule has 2 aromatic carbocycles. The first-order valence-electron chi connectivity index (χ1n) is 6.47. The van der Waals surface area contributed by atoms with E-state index in [1.165, 1.54) is 6.07 Å². The number of hydrogen-bond donors (Lipinski definition) is 0. The molecule has 0 saturated carbocycles. The second-order valence-corrected chi connectivity index (χ2v) is 5.70. The number of halogens is 1. The highest BCUT2D eigenvalue weighted by atomic mass is 32.1. The summed E-state index contributed by atoms with van der Waals surface area (Å²) in [5.74, 6) is 0.565. The maximum atomic E-state index is 13.9. The second kappa shape index (κ2) is 4.56. The molecule has 0 saturated heterocycles. The summed E-state index contributed by atoms with van der Waals surface area (Å²) in [6, 6.07) is 12.6. The predicted molar refractivity (Wildman–Crippen MR) is 82.5 cm³/mol. The average Bonchev–Trinajstić information content (AvgIpc) is 3.04. The zero-order valence-corrected chi connectivity index (χ0v) is 12.0. The first kappa shape index (κ1) is 12.3. The molecule has 4 rings (SSSR count). The number of benzene rings is 2. The zero-order valence-electron chi connectivity index (χ0n) is 11.2. The van der Waals surface area contributed by atoms with Crippen LogP contribution in [0.1, 0.15) is 0 Å². The van der Waals surface area contributed by atoms with Crippen molar-refractivity contribution in [1.82, 2.24) is 9.38 Å². The predicted octanol–water partition coefficient (Wildman–Crippen LogP) is 4.36. The van der Waals surface area contributed by atoms with Gasteiger partial charge >= 0.3 is 0 Å². The Morgan fingerprint density at radius 2 is 2.05 bits per heavy atom. The number of ether oxygens (including phenoxy) is 1. The summed E-state index contributed by atoms with van der Waals surface area (Å²) in [6.45, 7) is 0. The van der Waals surface area contributed by atoms with Crippen molar-refractivity contribution in [3.8, 4) is 17.0 Å². The molecule has 0 fully saturated rings. The van der Waals surface area contributed by atoms with Crippen molar-refractivity contribution >= 4 is 26.5 Å². The van der Waals surface area contributed by atoms with Crippen LogP contribution in [0.5, 0.6) is 5.75 Å². The number of hydrogen-bond acceptors (Lipinski definition) is 3. The fourth-order valence-corrected chi connectivity index (χ4v) is 3.44. The molecule has 0 aliphatic rings. The molecule has 0 amide bonds. The molecule has 0 atom stereocenters. The molecule has 0 bridgehead atoms. The summed E-state index contributed by atoms with van der Waals surface area (Å²) < 4.78 is 22.2. The summed E-state index contributed by atoms with van der Waals surface area (Å²) >= 11 is 1.56. The van der Waals surface area contributed by atoms with E-state index in [2.05, 4.69) is 4.98 Å². The van der Waals surface area contributed by atoms with Crippen molar-refractivity contribution in [2.75, 3.05) is 7.11 Å². The molecule has 0 aliphatic heterocycles. The van der Waals surface area contributed by atoms with Gasteiger partial charge < -0.3 is 4.74 Å². The molecule has 4 aromatic rings. The highest BCUT2D eigenvalue weighted by molar-refractivity contribution is 7.23. The van der Waals surface area contributed by atoms with E-state index in [9.17, 15) is 4.39 Å². The van der Waals surface area contributed by atoms with Gasteiger partial charge in [0.1, 0.15) is 11.6 Å². The van der Waals surface area contributed by atoms with Gasteiger partial charge in [0, 0.05) is 11.8 Å². The van der Waals surface area contributed by atoms with Crippen LogP contribution in [0.2, 0.25) is 0 Å². The van der Waals surface area contributed by atoms with Gasteiger partial charge in [0.25, 0.3) is 0 Å². The average molecular weight is 298 g/mol. The van der Waals surface area contributed by atoms with E-state index in [-0.39, 0.29) is 5.82 Å². The molecule has 0 radical (unpaired) electrons. The van der Waals surface area contributed by atoms with Crippen molar-refractivity contribution in [3.63, 3.8) is 0 Å². The molecule has 5 heteroatoms. The standard InChI is InChI=1S/C16H11FN2OS/c1-20-10-6-7-14-15(8-10)21-16-18-13(9-19(14)16)11-4-2-3-5-12(11)17/h2-9H,1H3. The van der Waals surface area contributed by atoms with Crippen LogP contribution in [0.15, 0.2) is 48.7 Å².